The summed E-state index contributed by atoms with van der Waals surface area (Å²) in [7, 11) is 0. The Balaban J connectivity index is 0. The molecule has 0 saturated heterocycles. The Morgan fingerprint density at radius 2 is 1.67 bits per heavy atom. The van der Waals surface area contributed by atoms with Crippen molar-refractivity contribution < 1.29 is 15.3 Å². The largest absolute Gasteiger partial charge is 0.394 e. The molecule has 0 bridgehead atoms. The second-order valence-electron chi connectivity index (χ2n) is 2.30. The molecule has 5 N–H and O–H groups in total. The molecule has 0 amide bonds. The van der Waals surface area contributed by atoms with Gasteiger partial charge in [-0.1, -0.05) is 0 Å². The first-order valence-electron chi connectivity index (χ1n) is 3.71. The van der Waals surface area contributed by atoms with Crippen molar-refractivity contribution in [1.82, 2.24) is 0 Å². The number of aliphatic hydroxyl groups excluding tert-OH is 3. The first kappa shape index (κ1) is 14.0. The van der Waals surface area contributed by atoms with E-state index >= 15 is 0 Å². The van der Waals surface area contributed by atoms with E-state index < -0.39 is 12.2 Å². The maximum absolute atomic E-state index is 9.00. The van der Waals surface area contributed by atoms with E-state index in [0.29, 0.717) is 13.0 Å². The van der Waals surface area contributed by atoms with E-state index in [2.05, 4.69) is 12.8 Å². The number of hydrogen-bond donors (Lipinski definition) is 4. The maximum atomic E-state index is 9.00. The Kier molecular flexibility index (Phi) is 12.1. The molecular weight excluding hydrogens is 158 g/mol. The van der Waals surface area contributed by atoms with Gasteiger partial charge in [0.1, 0.15) is 0 Å². The SMILES string of the molecule is C#C.NCC[C@@H](O)C[C@H](O)CO. The van der Waals surface area contributed by atoms with Crippen molar-refractivity contribution in [3.63, 3.8) is 0 Å². The zero-order valence-corrected chi connectivity index (χ0v) is 7.06. The van der Waals surface area contributed by atoms with Crippen LogP contribution in [0.4, 0.5) is 0 Å². The van der Waals surface area contributed by atoms with Gasteiger partial charge >= 0.3 is 0 Å². The molecule has 2 atom stereocenters. The second-order valence-corrected chi connectivity index (χ2v) is 2.30. The third-order valence-corrected chi connectivity index (χ3v) is 1.25. The molecule has 4 heteroatoms. The summed E-state index contributed by atoms with van der Waals surface area (Å²) < 4.78 is 0. The minimum atomic E-state index is -0.818. The van der Waals surface area contributed by atoms with Crippen LogP contribution < -0.4 is 5.73 Å². The fourth-order valence-corrected chi connectivity index (χ4v) is 0.699. The molecule has 0 heterocycles. The molecule has 0 saturated carbocycles. The lowest BCUT2D eigenvalue weighted by atomic mass is 10.1. The highest BCUT2D eigenvalue weighted by Crippen LogP contribution is 2.00. The van der Waals surface area contributed by atoms with E-state index in [1.807, 2.05) is 0 Å². The molecule has 0 aliphatic heterocycles. The monoisotopic (exact) mass is 175 g/mol. The van der Waals surface area contributed by atoms with Crippen LogP contribution in [0.3, 0.4) is 0 Å². The molecule has 0 radical (unpaired) electrons. The summed E-state index contributed by atoms with van der Waals surface area (Å²) in [4.78, 5) is 0. The van der Waals surface area contributed by atoms with Crippen molar-refractivity contribution in [3.8, 4) is 12.8 Å². The Labute approximate surface area is 73.0 Å². The highest BCUT2D eigenvalue weighted by atomic mass is 16.3. The predicted octanol–water partition coefficient (Wildman–Crippen LogP) is -1.31. The van der Waals surface area contributed by atoms with E-state index in [9.17, 15) is 0 Å². The fourth-order valence-electron chi connectivity index (χ4n) is 0.699. The van der Waals surface area contributed by atoms with Crippen molar-refractivity contribution in [1.29, 1.82) is 0 Å². The molecule has 0 spiro atoms. The van der Waals surface area contributed by atoms with E-state index in [1.54, 1.807) is 0 Å². The van der Waals surface area contributed by atoms with Gasteiger partial charge in [0, 0.05) is 6.42 Å². The van der Waals surface area contributed by atoms with Gasteiger partial charge in [0.25, 0.3) is 0 Å². The van der Waals surface area contributed by atoms with Crippen LogP contribution in [0, 0.1) is 12.8 Å². The Hall–Kier alpha value is -0.600. The van der Waals surface area contributed by atoms with Crippen molar-refractivity contribution in [3.05, 3.63) is 0 Å². The molecular formula is C8H17NO3. The van der Waals surface area contributed by atoms with E-state index in [-0.39, 0.29) is 13.0 Å². The van der Waals surface area contributed by atoms with Gasteiger partial charge in [0.05, 0.1) is 18.8 Å². The van der Waals surface area contributed by atoms with Crippen LogP contribution in [0.2, 0.25) is 0 Å². The first-order valence-corrected chi connectivity index (χ1v) is 3.71. The molecule has 4 nitrogen and oxygen atoms in total. The summed E-state index contributed by atoms with van der Waals surface area (Å²) in [5.41, 5.74) is 5.14. The third-order valence-electron chi connectivity index (χ3n) is 1.25. The van der Waals surface area contributed by atoms with Crippen LogP contribution >= 0.6 is 0 Å². The van der Waals surface area contributed by atoms with Gasteiger partial charge in [0.15, 0.2) is 0 Å². The third kappa shape index (κ3) is 9.40. The molecule has 0 aliphatic carbocycles. The molecule has 0 unspecified atom stereocenters. The molecule has 12 heavy (non-hydrogen) atoms. The van der Waals surface area contributed by atoms with Crippen LogP contribution in [0.5, 0.6) is 0 Å². The molecule has 0 aromatic rings. The second kappa shape index (κ2) is 10.4. The molecule has 0 fully saturated rings. The van der Waals surface area contributed by atoms with Crippen molar-refractivity contribution in [2.75, 3.05) is 13.2 Å². The van der Waals surface area contributed by atoms with Gasteiger partial charge in [-0.3, -0.25) is 0 Å². The van der Waals surface area contributed by atoms with Crippen LogP contribution in [0.15, 0.2) is 0 Å². The van der Waals surface area contributed by atoms with E-state index in [0.717, 1.165) is 0 Å². The number of terminal acetylenes is 1. The molecule has 0 aromatic heterocycles. The normalized spacial score (nSPS) is 14.2. The smallest absolute Gasteiger partial charge is 0.0795 e. The minimum Gasteiger partial charge on any atom is -0.394 e. The molecule has 0 aliphatic rings. The lowest BCUT2D eigenvalue weighted by Crippen LogP contribution is -2.22. The van der Waals surface area contributed by atoms with E-state index in [1.165, 1.54) is 0 Å². The Morgan fingerprint density at radius 1 is 1.17 bits per heavy atom. The summed E-state index contributed by atoms with van der Waals surface area (Å²) in [5, 5.41) is 26.2. The summed E-state index contributed by atoms with van der Waals surface area (Å²) in [6.45, 7) is 0.0982. The van der Waals surface area contributed by atoms with Gasteiger partial charge in [-0.25, -0.2) is 0 Å². The van der Waals surface area contributed by atoms with Crippen LogP contribution in [-0.2, 0) is 0 Å². The zero-order valence-electron chi connectivity index (χ0n) is 7.06. The standard InChI is InChI=1S/C6H15NO3.C2H2/c7-2-1-5(9)3-6(10)4-8;1-2/h5-6,8-10H,1-4,7H2;1-2H/t5-,6+;/m1./s1. The number of nitrogens with two attached hydrogens (primary N) is 1. The lowest BCUT2D eigenvalue weighted by molar-refractivity contribution is 0.0398. The zero-order chi connectivity index (χ0) is 9.98. The van der Waals surface area contributed by atoms with Gasteiger partial charge in [-0.05, 0) is 13.0 Å². The topological polar surface area (TPSA) is 86.7 Å². The Bertz CT molecular complexity index is 106. The predicted molar refractivity (Wildman–Crippen MR) is 47.3 cm³/mol. The van der Waals surface area contributed by atoms with Crippen molar-refractivity contribution in [2.24, 2.45) is 5.73 Å². The Morgan fingerprint density at radius 3 is 2.00 bits per heavy atom. The average Bonchev–Trinajstić information content (AvgIpc) is 2.08. The molecule has 0 rings (SSSR count). The van der Waals surface area contributed by atoms with Gasteiger partial charge in [0.2, 0.25) is 0 Å². The molecule has 72 valence electrons. The highest BCUT2D eigenvalue weighted by Gasteiger charge is 2.09. The van der Waals surface area contributed by atoms with Gasteiger partial charge in [-0.15, -0.1) is 12.8 Å². The number of aliphatic hydroxyl groups is 3. The van der Waals surface area contributed by atoms with Crippen LogP contribution in [0.1, 0.15) is 12.8 Å². The summed E-state index contributed by atoms with van der Waals surface area (Å²) >= 11 is 0. The maximum Gasteiger partial charge on any atom is 0.0795 e. The van der Waals surface area contributed by atoms with Crippen molar-refractivity contribution in [2.45, 2.75) is 25.0 Å². The highest BCUT2D eigenvalue weighted by molar-refractivity contribution is 4.62. The van der Waals surface area contributed by atoms with Gasteiger partial charge in [-0.2, -0.15) is 0 Å². The minimum absolute atomic E-state index is 0.202. The number of hydrogen-bond acceptors (Lipinski definition) is 4. The quantitative estimate of drug-likeness (QED) is 0.391. The van der Waals surface area contributed by atoms with Crippen molar-refractivity contribution >= 4 is 0 Å². The summed E-state index contributed by atoms with van der Waals surface area (Å²) in [6.07, 6.45) is 7.26. The fraction of sp³-hybridized carbons (Fsp3) is 0.750. The summed E-state index contributed by atoms with van der Waals surface area (Å²) in [6, 6.07) is 0. The average molecular weight is 175 g/mol. The van der Waals surface area contributed by atoms with Gasteiger partial charge < -0.3 is 21.1 Å². The lowest BCUT2D eigenvalue weighted by Gasteiger charge is -2.11. The summed E-state index contributed by atoms with van der Waals surface area (Å²) in [5.74, 6) is 0. The van der Waals surface area contributed by atoms with Crippen LogP contribution in [-0.4, -0.2) is 40.7 Å². The van der Waals surface area contributed by atoms with E-state index in [4.69, 9.17) is 21.1 Å². The van der Waals surface area contributed by atoms with Crippen LogP contribution in [0.25, 0.3) is 0 Å². The number of rotatable bonds is 5. The molecule has 0 aromatic carbocycles. The first-order chi connectivity index (χ1) is 5.70.